The van der Waals surface area contributed by atoms with Crippen molar-refractivity contribution in [2.75, 3.05) is 16.8 Å². The summed E-state index contributed by atoms with van der Waals surface area (Å²) >= 11 is 13.5. The predicted octanol–water partition coefficient (Wildman–Crippen LogP) is 3.34. The fraction of sp³-hybridized carbons (Fsp3) is 0.556. The Hall–Kier alpha value is -0.190. The van der Waals surface area contributed by atoms with Gasteiger partial charge in [-0.15, -0.1) is 0 Å². The number of halogens is 2. The third-order valence-electron chi connectivity index (χ3n) is 1.67. The maximum Gasteiger partial charge on any atom is 0.224 e. The molecule has 0 saturated heterocycles. The molecule has 0 saturated carbocycles. The van der Waals surface area contributed by atoms with Gasteiger partial charge in [-0.3, -0.25) is 0 Å². The van der Waals surface area contributed by atoms with Crippen LogP contribution in [0.4, 0.5) is 5.82 Å². The van der Waals surface area contributed by atoms with Crippen molar-refractivity contribution in [3.8, 4) is 0 Å². The molecular formula is C9H13Cl2N3S. The van der Waals surface area contributed by atoms with E-state index in [9.17, 15) is 0 Å². The minimum atomic E-state index is 0.206. The number of hydrogen-bond acceptors (Lipinski definition) is 4. The van der Waals surface area contributed by atoms with E-state index in [4.69, 9.17) is 23.2 Å². The molecule has 84 valence electrons. The molecule has 15 heavy (non-hydrogen) atoms. The van der Waals surface area contributed by atoms with E-state index in [1.807, 2.05) is 11.8 Å². The third kappa shape index (κ3) is 4.45. The molecule has 6 heteroatoms. The quantitative estimate of drug-likeness (QED) is 0.829. The van der Waals surface area contributed by atoms with Crippen molar-refractivity contribution in [3.63, 3.8) is 0 Å². The van der Waals surface area contributed by atoms with Crippen LogP contribution in [0.1, 0.15) is 13.8 Å². The van der Waals surface area contributed by atoms with Crippen LogP contribution in [0.3, 0.4) is 0 Å². The number of nitrogens with one attached hydrogen (secondary N) is 1. The van der Waals surface area contributed by atoms with Crippen molar-refractivity contribution in [1.82, 2.24) is 9.97 Å². The maximum absolute atomic E-state index is 5.92. The largest absolute Gasteiger partial charge is 0.365 e. The second-order valence-electron chi connectivity index (χ2n) is 3.04. The van der Waals surface area contributed by atoms with Crippen LogP contribution in [-0.4, -0.2) is 27.5 Å². The molecule has 3 nitrogen and oxygen atoms in total. The summed E-state index contributed by atoms with van der Waals surface area (Å²) in [5.74, 6) is 2.71. The van der Waals surface area contributed by atoms with E-state index in [0.29, 0.717) is 16.9 Å². The fourth-order valence-electron chi connectivity index (χ4n) is 1.02. The highest BCUT2D eigenvalue weighted by Crippen LogP contribution is 2.20. The fourth-order valence-corrected chi connectivity index (χ4v) is 1.97. The Morgan fingerprint density at radius 3 is 2.93 bits per heavy atom. The van der Waals surface area contributed by atoms with Crippen molar-refractivity contribution in [1.29, 1.82) is 0 Å². The molecule has 0 radical (unpaired) electrons. The van der Waals surface area contributed by atoms with Crippen LogP contribution in [0.5, 0.6) is 0 Å². The van der Waals surface area contributed by atoms with Gasteiger partial charge < -0.3 is 5.32 Å². The lowest BCUT2D eigenvalue weighted by atomic mass is 10.4. The lowest BCUT2D eigenvalue weighted by Crippen LogP contribution is -2.19. The molecule has 1 aromatic heterocycles. The Balaban J connectivity index is 2.59. The molecule has 1 unspecified atom stereocenters. The normalized spacial score (nSPS) is 12.5. The summed E-state index contributed by atoms with van der Waals surface area (Å²) in [6, 6.07) is 0.304. The van der Waals surface area contributed by atoms with Crippen molar-refractivity contribution in [2.45, 2.75) is 19.9 Å². The van der Waals surface area contributed by atoms with E-state index < -0.39 is 0 Å². The number of thioether (sulfide) groups is 1. The highest BCUT2D eigenvalue weighted by atomic mass is 35.5. The molecular weight excluding hydrogens is 253 g/mol. The zero-order valence-electron chi connectivity index (χ0n) is 8.63. The third-order valence-corrected chi connectivity index (χ3v) is 3.27. The smallest absolute Gasteiger partial charge is 0.224 e. The first-order chi connectivity index (χ1) is 7.13. The molecule has 1 aromatic rings. The molecule has 0 spiro atoms. The lowest BCUT2D eigenvalue weighted by molar-refractivity contribution is 0.899. The van der Waals surface area contributed by atoms with E-state index in [2.05, 4.69) is 29.1 Å². The molecule has 1 N–H and O–H groups in total. The monoisotopic (exact) mass is 265 g/mol. The molecule has 0 aliphatic carbocycles. The average molecular weight is 266 g/mol. The van der Waals surface area contributed by atoms with Gasteiger partial charge in [0.1, 0.15) is 10.8 Å². The molecule has 0 aromatic carbocycles. The lowest BCUT2D eigenvalue weighted by Gasteiger charge is -2.14. The van der Waals surface area contributed by atoms with Gasteiger partial charge in [-0.25, -0.2) is 4.98 Å². The van der Waals surface area contributed by atoms with Gasteiger partial charge in [0.25, 0.3) is 0 Å². The highest BCUT2D eigenvalue weighted by molar-refractivity contribution is 7.99. The van der Waals surface area contributed by atoms with Gasteiger partial charge in [0.15, 0.2) is 0 Å². The summed E-state index contributed by atoms with van der Waals surface area (Å²) in [5, 5.41) is 3.90. The van der Waals surface area contributed by atoms with Crippen LogP contribution in [0.2, 0.25) is 10.3 Å². The molecule has 0 aliphatic heterocycles. The first-order valence-corrected chi connectivity index (χ1v) is 6.57. The summed E-state index contributed by atoms with van der Waals surface area (Å²) in [5.41, 5.74) is 0. The van der Waals surface area contributed by atoms with Gasteiger partial charge in [0.05, 0.1) is 6.20 Å². The molecule has 0 amide bonds. The van der Waals surface area contributed by atoms with Gasteiger partial charge in [-0.2, -0.15) is 16.7 Å². The van der Waals surface area contributed by atoms with E-state index >= 15 is 0 Å². The summed E-state index contributed by atoms with van der Waals surface area (Å²) in [4.78, 5) is 7.81. The minimum absolute atomic E-state index is 0.206. The van der Waals surface area contributed by atoms with Crippen LogP contribution in [-0.2, 0) is 0 Å². The minimum Gasteiger partial charge on any atom is -0.365 e. The van der Waals surface area contributed by atoms with Crippen molar-refractivity contribution in [2.24, 2.45) is 0 Å². The Bertz CT molecular complexity index is 322. The number of rotatable bonds is 5. The number of aromatic nitrogens is 2. The molecule has 0 bridgehead atoms. The Morgan fingerprint density at radius 1 is 1.53 bits per heavy atom. The first kappa shape index (κ1) is 12.9. The number of nitrogens with zero attached hydrogens (tertiary/aromatic N) is 2. The summed E-state index contributed by atoms with van der Waals surface area (Å²) in [7, 11) is 0. The zero-order chi connectivity index (χ0) is 11.3. The van der Waals surface area contributed by atoms with E-state index in [1.54, 1.807) is 0 Å². The van der Waals surface area contributed by atoms with Crippen LogP contribution in [0, 0.1) is 0 Å². The summed E-state index contributed by atoms with van der Waals surface area (Å²) in [6.07, 6.45) is 1.50. The second kappa shape index (κ2) is 6.40. The van der Waals surface area contributed by atoms with Crippen molar-refractivity contribution < 1.29 is 0 Å². The standard InChI is InChI=1S/C9H13Cl2N3S/c1-3-15-5-6(2)13-8-7(10)4-12-9(11)14-8/h4,6H,3,5H2,1-2H3,(H,12,13,14). The van der Waals surface area contributed by atoms with Gasteiger partial charge in [0, 0.05) is 11.8 Å². The Morgan fingerprint density at radius 2 is 2.27 bits per heavy atom. The second-order valence-corrected chi connectivity index (χ2v) is 5.10. The van der Waals surface area contributed by atoms with Gasteiger partial charge >= 0.3 is 0 Å². The number of anilines is 1. The van der Waals surface area contributed by atoms with Crippen LogP contribution >= 0.6 is 35.0 Å². The van der Waals surface area contributed by atoms with Crippen LogP contribution < -0.4 is 5.32 Å². The van der Waals surface area contributed by atoms with Crippen molar-refractivity contribution >= 4 is 40.8 Å². The van der Waals surface area contributed by atoms with Gasteiger partial charge in [0.2, 0.25) is 5.28 Å². The molecule has 1 heterocycles. The summed E-state index contributed by atoms with van der Waals surface area (Å²) in [6.45, 7) is 4.21. The van der Waals surface area contributed by atoms with Gasteiger partial charge in [-0.1, -0.05) is 18.5 Å². The summed E-state index contributed by atoms with van der Waals surface area (Å²) < 4.78 is 0. The van der Waals surface area contributed by atoms with Crippen molar-refractivity contribution in [3.05, 3.63) is 16.5 Å². The van der Waals surface area contributed by atoms with E-state index in [-0.39, 0.29) is 5.28 Å². The molecule has 1 rings (SSSR count). The van der Waals surface area contributed by atoms with Crippen LogP contribution in [0.25, 0.3) is 0 Å². The zero-order valence-corrected chi connectivity index (χ0v) is 11.0. The van der Waals surface area contributed by atoms with Crippen LogP contribution in [0.15, 0.2) is 6.20 Å². The first-order valence-electron chi connectivity index (χ1n) is 4.65. The van der Waals surface area contributed by atoms with E-state index in [0.717, 1.165) is 11.5 Å². The average Bonchev–Trinajstić information content (AvgIpc) is 2.20. The highest BCUT2D eigenvalue weighted by Gasteiger charge is 2.07. The SMILES string of the molecule is CCSCC(C)Nc1nc(Cl)ncc1Cl. The topological polar surface area (TPSA) is 37.8 Å². The molecule has 0 aliphatic rings. The predicted molar refractivity (Wildman–Crippen MR) is 68.1 cm³/mol. The molecule has 1 atom stereocenters. The Kier molecular flexibility index (Phi) is 5.50. The van der Waals surface area contributed by atoms with Gasteiger partial charge in [-0.05, 0) is 24.3 Å². The Labute approximate surface area is 104 Å². The maximum atomic E-state index is 5.92. The number of hydrogen-bond donors (Lipinski definition) is 1. The van der Waals surface area contributed by atoms with E-state index in [1.165, 1.54) is 6.20 Å². The molecule has 0 fully saturated rings.